The molecule has 0 saturated carbocycles. The van der Waals surface area contributed by atoms with Gasteiger partial charge in [0.15, 0.2) is 12.6 Å². The molecule has 10 atom stereocenters. The summed E-state index contributed by atoms with van der Waals surface area (Å²) in [6.45, 7) is -0.562. The van der Waals surface area contributed by atoms with E-state index in [9.17, 15) is 25.5 Å². The number of methoxy groups -OCH3 is 3. The van der Waals surface area contributed by atoms with Crippen LogP contribution in [-0.4, -0.2) is 121 Å². The molecule has 0 aromatic heterocycles. The fourth-order valence-corrected chi connectivity index (χ4v) is 3.20. The van der Waals surface area contributed by atoms with Gasteiger partial charge >= 0.3 is 0 Å². The van der Waals surface area contributed by atoms with E-state index < -0.39 is 68.0 Å². The fourth-order valence-electron chi connectivity index (χ4n) is 3.20. The maximum atomic E-state index is 10.4. The Morgan fingerprint density at radius 3 is 1.96 bits per heavy atom. The Labute approximate surface area is 150 Å². The van der Waals surface area contributed by atoms with Crippen LogP contribution < -0.4 is 0 Å². The third-order valence-corrected chi connectivity index (χ3v) is 4.63. The zero-order chi connectivity index (χ0) is 19.4. The normalized spacial score (nSPS) is 47.1. The minimum Gasteiger partial charge on any atom is -0.394 e. The van der Waals surface area contributed by atoms with Gasteiger partial charge in [0.2, 0.25) is 0 Å². The van der Waals surface area contributed by atoms with Crippen molar-refractivity contribution in [1.29, 1.82) is 0 Å². The van der Waals surface area contributed by atoms with E-state index in [1.54, 1.807) is 0 Å². The maximum Gasteiger partial charge on any atom is 0.187 e. The van der Waals surface area contributed by atoms with Gasteiger partial charge in [-0.2, -0.15) is 0 Å². The van der Waals surface area contributed by atoms with Crippen molar-refractivity contribution in [2.45, 2.75) is 61.4 Å². The van der Waals surface area contributed by atoms with Gasteiger partial charge in [0.1, 0.15) is 48.8 Å². The van der Waals surface area contributed by atoms with E-state index in [1.807, 2.05) is 0 Å². The zero-order valence-corrected chi connectivity index (χ0v) is 14.9. The highest BCUT2D eigenvalue weighted by Crippen LogP contribution is 2.30. The van der Waals surface area contributed by atoms with E-state index in [0.29, 0.717) is 0 Å². The number of rotatable bonds is 7. The highest BCUT2D eigenvalue weighted by molar-refractivity contribution is 4.94. The second kappa shape index (κ2) is 9.66. The monoisotopic (exact) mass is 384 g/mol. The van der Waals surface area contributed by atoms with Gasteiger partial charge in [-0.25, -0.2) is 0 Å². The average molecular weight is 384 g/mol. The summed E-state index contributed by atoms with van der Waals surface area (Å²) in [6.07, 6.45) is -11.9. The van der Waals surface area contributed by atoms with Crippen LogP contribution in [0.4, 0.5) is 0 Å². The van der Waals surface area contributed by atoms with Crippen molar-refractivity contribution in [2.24, 2.45) is 0 Å². The summed E-state index contributed by atoms with van der Waals surface area (Å²) >= 11 is 0. The maximum absolute atomic E-state index is 10.4. The fraction of sp³-hybridized carbons (Fsp3) is 1.00. The number of hydrogen-bond acceptors (Lipinski definition) is 11. The Morgan fingerprint density at radius 1 is 0.769 bits per heavy atom. The highest BCUT2D eigenvalue weighted by Gasteiger charge is 2.51. The predicted octanol–water partition coefficient (Wildman–Crippen LogP) is -3.43. The number of aliphatic hydroxyl groups is 5. The molecule has 2 aliphatic heterocycles. The molecular formula is C15H28O11. The first-order chi connectivity index (χ1) is 12.4. The molecule has 0 aromatic rings. The Morgan fingerprint density at radius 2 is 1.42 bits per heavy atom. The predicted molar refractivity (Wildman–Crippen MR) is 83.0 cm³/mol. The van der Waals surface area contributed by atoms with Crippen molar-refractivity contribution < 1.29 is 54.0 Å². The van der Waals surface area contributed by atoms with E-state index >= 15 is 0 Å². The quantitative estimate of drug-likeness (QED) is 0.298. The number of ether oxygens (including phenoxy) is 6. The van der Waals surface area contributed by atoms with Crippen LogP contribution in [-0.2, 0) is 28.4 Å². The lowest BCUT2D eigenvalue weighted by atomic mass is 9.97. The van der Waals surface area contributed by atoms with E-state index in [1.165, 1.54) is 21.3 Å². The lowest BCUT2D eigenvalue weighted by molar-refractivity contribution is -0.359. The molecule has 2 heterocycles. The minimum absolute atomic E-state index is 0.0128. The van der Waals surface area contributed by atoms with E-state index in [2.05, 4.69) is 0 Å². The third-order valence-electron chi connectivity index (χ3n) is 4.63. The first-order valence-electron chi connectivity index (χ1n) is 8.23. The molecule has 2 aliphatic rings. The zero-order valence-electron chi connectivity index (χ0n) is 14.9. The molecule has 2 rings (SSSR count). The summed E-state index contributed by atoms with van der Waals surface area (Å²) in [5.74, 6) is 0. The molecule has 154 valence electrons. The molecule has 26 heavy (non-hydrogen) atoms. The molecule has 5 N–H and O–H groups in total. The molecule has 0 bridgehead atoms. The Balaban J connectivity index is 2.18. The lowest BCUT2D eigenvalue weighted by Crippen LogP contribution is -2.65. The standard InChI is InChI=1S/C15H28O11/c1-21-5-7-8(17)9(18)13(23-3)15(25-7)26-11-6(4-16)24-14(20)12(22-2)10(11)19/h6-20H,4-5H2,1-3H3/t6-,7?,8+,9-,10?,11+,12?,13?,14+,15-/m0/s1. The largest absolute Gasteiger partial charge is 0.394 e. The molecule has 0 aliphatic carbocycles. The van der Waals surface area contributed by atoms with Crippen LogP contribution in [0.15, 0.2) is 0 Å². The summed E-state index contributed by atoms with van der Waals surface area (Å²) in [6, 6.07) is 0. The summed E-state index contributed by atoms with van der Waals surface area (Å²) in [5.41, 5.74) is 0. The molecule has 11 heteroatoms. The van der Waals surface area contributed by atoms with Crippen LogP contribution in [0.3, 0.4) is 0 Å². The van der Waals surface area contributed by atoms with Crippen molar-refractivity contribution in [3.8, 4) is 0 Å². The second-order valence-corrected chi connectivity index (χ2v) is 6.22. The molecule has 0 aromatic carbocycles. The van der Waals surface area contributed by atoms with Crippen LogP contribution in [0.5, 0.6) is 0 Å². The van der Waals surface area contributed by atoms with E-state index in [0.717, 1.165) is 0 Å². The van der Waals surface area contributed by atoms with Gasteiger partial charge in [-0.05, 0) is 0 Å². The number of aliphatic hydroxyl groups excluding tert-OH is 5. The molecule has 2 saturated heterocycles. The molecule has 2 fully saturated rings. The first kappa shape index (κ1) is 21.9. The van der Waals surface area contributed by atoms with Gasteiger partial charge in [0.25, 0.3) is 0 Å². The second-order valence-electron chi connectivity index (χ2n) is 6.22. The van der Waals surface area contributed by atoms with Gasteiger partial charge < -0.3 is 54.0 Å². The molecule has 0 radical (unpaired) electrons. The van der Waals surface area contributed by atoms with Crippen LogP contribution >= 0.6 is 0 Å². The topological polar surface area (TPSA) is 157 Å². The van der Waals surface area contributed by atoms with E-state index in [4.69, 9.17) is 28.4 Å². The lowest BCUT2D eigenvalue weighted by Gasteiger charge is -2.46. The molecular weight excluding hydrogens is 356 g/mol. The van der Waals surface area contributed by atoms with Crippen LogP contribution in [0.25, 0.3) is 0 Å². The number of hydrogen-bond donors (Lipinski definition) is 5. The van der Waals surface area contributed by atoms with Crippen LogP contribution in [0.1, 0.15) is 0 Å². The van der Waals surface area contributed by atoms with Gasteiger partial charge in [0.05, 0.1) is 13.2 Å². The van der Waals surface area contributed by atoms with Crippen molar-refractivity contribution >= 4 is 0 Å². The SMILES string of the molecule is COCC1O[C@@H](O[C@H]2C(O)C(OC)[C@H](O)O[C@H]2CO)C(OC)[C@@H](O)[C@@H]1O. The van der Waals surface area contributed by atoms with Gasteiger partial charge in [-0.15, -0.1) is 0 Å². The summed E-state index contributed by atoms with van der Waals surface area (Å²) in [7, 11) is 3.99. The summed E-state index contributed by atoms with van der Waals surface area (Å²) in [4.78, 5) is 0. The van der Waals surface area contributed by atoms with E-state index in [-0.39, 0.29) is 6.61 Å². The highest BCUT2D eigenvalue weighted by atomic mass is 16.7. The third kappa shape index (κ3) is 4.34. The Bertz CT molecular complexity index is 422. The van der Waals surface area contributed by atoms with Crippen molar-refractivity contribution in [2.75, 3.05) is 34.5 Å². The summed E-state index contributed by atoms with van der Waals surface area (Å²) in [5, 5.41) is 50.1. The Hall–Kier alpha value is -0.440. The first-order valence-corrected chi connectivity index (χ1v) is 8.23. The summed E-state index contributed by atoms with van der Waals surface area (Å²) < 4.78 is 31.7. The molecule has 11 nitrogen and oxygen atoms in total. The van der Waals surface area contributed by atoms with Gasteiger partial charge in [-0.1, -0.05) is 0 Å². The van der Waals surface area contributed by atoms with Crippen molar-refractivity contribution in [3.63, 3.8) is 0 Å². The van der Waals surface area contributed by atoms with Crippen LogP contribution in [0, 0.1) is 0 Å². The molecule has 0 amide bonds. The van der Waals surface area contributed by atoms with Gasteiger partial charge in [-0.3, -0.25) is 0 Å². The average Bonchev–Trinajstić information content (AvgIpc) is 2.62. The molecule has 4 unspecified atom stereocenters. The van der Waals surface area contributed by atoms with Gasteiger partial charge in [0, 0.05) is 21.3 Å². The minimum atomic E-state index is -1.45. The molecule has 0 spiro atoms. The smallest absolute Gasteiger partial charge is 0.187 e. The van der Waals surface area contributed by atoms with Crippen molar-refractivity contribution in [3.05, 3.63) is 0 Å². The Kier molecular flexibility index (Phi) is 8.12. The van der Waals surface area contributed by atoms with Crippen LogP contribution in [0.2, 0.25) is 0 Å². The van der Waals surface area contributed by atoms with Crippen molar-refractivity contribution in [1.82, 2.24) is 0 Å².